The van der Waals surface area contributed by atoms with Gasteiger partial charge < -0.3 is 20.3 Å². The monoisotopic (exact) mass is 293 g/mol. The molecule has 1 aromatic carbocycles. The van der Waals surface area contributed by atoms with Crippen LogP contribution in [-0.4, -0.2) is 46.3 Å². The summed E-state index contributed by atoms with van der Waals surface area (Å²) in [7, 11) is 3.92. The van der Waals surface area contributed by atoms with Crippen molar-refractivity contribution >= 4 is 23.1 Å². The van der Waals surface area contributed by atoms with Gasteiger partial charge in [0.25, 0.3) is 0 Å². The average molecular weight is 293 g/mol. The molecule has 0 radical (unpaired) electrons. The first-order valence-electron chi connectivity index (χ1n) is 6.92. The molecule has 0 atom stereocenters. The topological polar surface area (TPSA) is 36.5 Å². The third-order valence-corrected chi connectivity index (χ3v) is 4.11. The fraction of sp³-hybridized carbons (Fsp3) is 0.467. The van der Waals surface area contributed by atoms with Crippen molar-refractivity contribution in [2.75, 3.05) is 51.2 Å². The highest BCUT2D eigenvalue weighted by Crippen LogP contribution is 2.21. The van der Waals surface area contributed by atoms with Crippen molar-refractivity contribution in [3.05, 3.63) is 35.2 Å². The smallest absolute Gasteiger partial charge is 0.0642 e. The highest BCUT2D eigenvalue weighted by molar-refractivity contribution is 8.02. The van der Waals surface area contributed by atoms with E-state index in [1.165, 1.54) is 11.3 Å². The maximum absolute atomic E-state index is 5.39. The van der Waals surface area contributed by atoms with Gasteiger partial charge in [-0.1, -0.05) is 12.1 Å². The Morgan fingerprint density at radius 3 is 2.55 bits per heavy atom. The minimum Gasteiger partial charge on any atom is -0.387 e. The predicted molar refractivity (Wildman–Crippen MR) is 88.0 cm³/mol. The molecule has 0 spiro atoms. The lowest BCUT2D eigenvalue weighted by Gasteiger charge is -2.29. The second-order valence-corrected chi connectivity index (χ2v) is 5.45. The van der Waals surface area contributed by atoms with Crippen molar-refractivity contribution in [2.24, 2.45) is 0 Å². The van der Waals surface area contributed by atoms with Crippen molar-refractivity contribution in [3.8, 4) is 0 Å². The summed E-state index contributed by atoms with van der Waals surface area (Å²) in [5, 5.41) is 8.53. The standard InChI is InChI=1S/C15H23N3OS/c1-16-12-20-11-15(17-2)13-3-5-14(6-4-13)18-7-9-19-10-8-18/h3-6,11,16-17H,7-10,12H2,1-2H3/b15-11-. The van der Waals surface area contributed by atoms with Gasteiger partial charge >= 0.3 is 0 Å². The van der Waals surface area contributed by atoms with Crippen molar-refractivity contribution in [2.45, 2.75) is 0 Å². The Balaban J connectivity index is 2.03. The third kappa shape index (κ3) is 4.16. The van der Waals surface area contributed by atoms with E-state index in [2.05, 4.69) is 45.2 Å². The Morgan fingerprint density at radius 2 is 1.95 bits per heavy atom. The minimum absolute atomic E-state index is 0.823. The van der Waals surface area contributed by atoms with Crippen LogP contribution in [-0.2, 0) is 4.74 Å². The van der Waals surface area contributed by atoms with Gasteiger partial charge in [0.05, 0.1) is 13.2 Å². The number of hydrogen-bond donors (Lipinski definition) is 2. The molecule has 2 N–H and O–H groups in total. The number of nitrogens with zero attached hydrogens (tertiary/aromatic N) is 1. The van der Waals surface area contributed by atoms with Crippen LogP contribution < -0.4 is 15.5 Å². The first kappa shape index (κ1) is 15.2. The number of nitrogens with one attached hydrogen (secondary N) is 2. The number of ether oxygens (including phenoxy) is 1. The van der Waals surface area contributed by atoms with Gasteiger partial charge in [0.15, 0.2) is 0 Å². The van der Waals surface area contributed by atoms with E-state index in [1.54, 1.807) is 11.8 Å². The molecule has 1 saturated heterocycles. The molecule has 1 aliphatic heterocycles. The zero-order chi connectivity index (χ0) is 14.2. The van der Waals surface area contributed by atoms with Crippen LogP contribution >= 0.6 is 11.8 Å². The largest absolute Gasteiger partial charge is 0.387 e. The van der Waals surface area contributed by atoms with E-state index >= 15 is 0 Å². The Morgan fingerprint density at radius 1 is 1.25 bits per heavy atom. The molecule has 1 fully saturated rings. The van der Waals surface area contributed by atoms with E-state index in [1.807, 2.05) is 14.1 Å². The van der Waals surface area contributed by atoms with E-state index in [0.29, 0.717) is 0 Å². The van der Waals surface area contributed by atoms with Crippen molar-refractivity contribution in [1.82, 2.24) is 10.6 Å². The van der Waals surface area contributed by atoms with Crippen LogP contribution in [0.3, 0.4) is 0 Å². The molecule has 1 aliphatic rings. The Kier molecular flexibility index (Phi) is 6.24. The Hall–Kier alpha value is -1.17. The van der Waals surface area contributed by atoms with Crippen LogP contribution in [0.15, 0.2) is 29.7 Å². The molecule has 0 aromatic heterocycles. The molecule has 4 nitrogen and oxygen atoms in total. The van der Waals surface area contributed by atoms with Gasteiger partial charge in [-0.2, -0.15) is 0 Å². The summed E-state index contributed by atoms with van der Waals surface area (Å²) in [4.78, 5) is 2.37. The summed E-state index contributed by atoms with van der Waals surface area (Å²) in [5.41, 5.74) is 3.64. The summed E-state index contributed by atoms with van der Waals surface area (Å²) < 4.78 is 5.39. The molecule has 2 rings (SSSR count). The molecule has 110 valence electrons. The van der Waals surface area contributed by atoms with Crippen LogP contribution in [0.2, 0.25) is 0 Å². The van der Waals surface area contributed by atoms with E-state index in [9.17, 15) is 0 Å². The highest BCUT2D eigenvalue weighted by Gasteiger charge is 2.11. The van der Waals surface area contributed by atoms with Crippen LogP contribution in [0.5, 0.6) is 0 Å². The molecule has 0 aliphatic carbocycles. The van der Waals surface area contributed by atoms with Crippen LogP contribution in [0.25, 0.3) is 5.70 Å². The summed E-state index contributed by atoms with van der Waals surface area (Å²) >= 11 is 1.75. The highest BCUT2D eigenvalue weighted by atomic mass is 32.2. The molecule has 5 heteroatoms. The molecule has 0 amide bonds. The van der Waals surface area contributed by atoms with Gasteiger partial charge in [0.2, 0.25) is 0 Å². The molecular formula is C15H23N3OS. The number of rotatable bonds is 6. The SMILES string of the molecule is CNCS/C=C(\NC)c1ccc(N2CCOCC2)cc1. The fourth-order valence-corrected chi connectivity index (χ4v) is 2.82. The van der Waals surface area contributed by atoms with E-state index in [0.717, 1.165) is 37.9 Å². The molecule has 0 bridgehead atoms. The molecule has 0 unspecified atom stereocenters. The van der Waals surface area contributed by atoms with E-state index < -0.39 is 0 Å². The Labute approximate surface area is 125 Å². The lowest BCUT2D eigenvalue weighted by Crippen LogP contribution is -2.36. The Bertz CT molecular complexity index is 427. The van der Waals surface area contributed by atoms with Crippen molar-refractivity contribution < 1.29 is 4.74 Å². The number of anilines is 1. The molecule has 0 saturated carbocycles. The fourth-order valence-electron chi connectivity index (χ4n) is 2.15. The van der Waals surface area contributed by atoms with Gasteiger partial charge in [-0.05, 0) is 30.2 Å². The van der Waals surface area contributed by atoms with Gasteiger partial charge in [0, 0.05) is 37.4 Å². The average Bonchev–Trinajstić information content (AvgIpc) is 2.53. The molecular weight excluding hydrogens is 270 g/mol. The number of hydrogen-bond acceptors (Lipinski definition) is 5. The first-order valence-corrected chi connectivity index (χ1v) is 7.97. The normalized spacial score (nSPS) is 16.3. The second-order valence-electron chi connectivity index (χ2n) is 4.59. The van der Waals surface area contributed by atoms with Crippen molar-refractivity contribution in [3.63, 3.8) is 0 Å². The van der Waals surface area contributed by atoms with Gasteiger partial charge in [0.1, 0.15) is 0 Å². The summed E-state index contributed by atoms with van der Waals surface area (Å²) in [6.07, 6.45) is 0. The first-order chi connectivity index (χ1) is 9.85. The molecule has 20 heavy (non-hydrogen) atoms. The van der Waals surface area contributed by atoms with Crippen molar-refractivity contribution in [1.29, 1.82) is 0 Å². The van der Waals surface area contributed by atoms with Crippen LogP contribution in [0.1, 0.15) is 5.56 Å². The van der Waals surface area contributed by atoms with E-state index in [-0.39, 0.29) is 0 Å². The van der Waals surface area contributed by atoms with Gasteiger partial charge in [-0.15, -0.1) is 11.8 Å². The lowest BCUT2D eigenvalue weighted by molar-refractivity contribution is 0.122. The number of thioether (sulfide) groups is 1. The molecule has 1 aromatic rings. The van der Waals surface area contributed by atoms with E-state index in [4.69, 9.17) is 4.74 Å². The number of benzene rings is 1. The zero-order valence-corrected chi connectivity index (χ0v) is 13.0. The maximum Gasteiger partial charge on any atom is 0.0642 e. The van der Waals surface area contributed by atoms with Gasteiger partial charge in [-0.3, -0.25) is 0 Å². The maximum atomic E-state index is 5.39. The number of morpholine rings is 1. The second kappa shape index (κ2) is 8.19. The summed E-state index contributed by atoms with van der Waals surface area (Å²) in [6, 6.07) is 8.73. The predicted octanol–water partition coefficient (Wildman–Crippen LogP) is 1.95. The summed E-state index contributed by atoms with van der Waals surface area (Å²) in [5.74, 6) is 0.914. The van der Waals surface area contributed by atoms with Gasteiger partial charge in [-0.25, -0.2) is 0 Å². The third-order valence-electron chi connectivity index (χ3n) is 3.25. The zero-order valence-electron chi connectivity index (χ0n) is 12.2. The van der Waals surface area contributed by atoms with Crippen LogP contribution in [0, 0.1) is 0 Å². The summed E-state index contributed by atoms with van der Waals surface area (Å²) in [6.45, 7) is 3.60. The minimum atomic E-state index is 0.823. The molecule has 1 heterocycles. The van der Waals surface area contributed by atoms with Crippen LogP contribution in [0.4, 0.5) is 5.69 Å². The lowest BCUT2D eigenvalue weighted by atomic mass is 10.1. The quantitative estimate of drug-likeness (QED) is 0.619.